The fraction of sp³-hybridized carbons (Fsp3) is 0.286. The lowest BCUT2D eigenvalue weighted by molar-refractivity contribution is -0.120. The van der Waals surface area contributed by atoms with E-state index in [1.54, 1.807) is 7.05 Å². The van der Waals surface area contributed by atoms with Crippen molar-refractivity contribution in [2.45, 2.75) is 19.4 Å². The third-order valence-electron chi connectivity index (χ3n) is 2.98. The van der Waals surface area contributed by atoms with Gasteiger partial charge < -0.3 is 9.88 Å². The van der Waals surface area contributed by atoms with Gasteiger partial charge in [0, 0.05) is 31.7 Å². The molecule has 0 aliphatic rings. The Labute approximate surface area is 106 Å². The van der Waals surface area contributed by atoms with Gasteiger partial charge in [-0.25, -0.2) is 0 Å². The number of nitrogens with one attached hydrogen (secondary N) is 1. The summed E-state index contributed by atoms with van der Waals surface area (Å²) in [5, 5.41) is 12.6. The normalized spacial score (nSPS) is 10.2. The molecule has 1 amide bonds. The molecule has 18 heavy (non-hydrogen) atoms. The Morgan fingerprint density at radius 2 is 2.28 bits per heavy atom. The largest absolute Gasteiger partial charge is 0.359 e. The lowest BCUT2D eigenvalue weighted by atomic mass is 10.2. The molecule has 4 nitrogen and oxygen atoms in total. The monoisotopic (exact) mass is 241 g/mol. The number of nitrogens with zero attached hydrogens (tertiary/aromatic N) is 2. The zero-order valence-corrected chi connectivity index (χ0v) is 10.3. The Hall–Kier alpha value is -2.28. The van der Waals surface area contributed by atoms with E-state index in [9.17, 15) is 4.79 Å². The minimum Gasteiger partial charge on any atom is -0.359 e. The van der Waals surface area contributed by atoms with Gasteiger partial charge in [-0.15, -0.1) is 0 Å². The fourth-order valence-electron chi connectivity index (χ4n) is 1.98. The molecule has 1 aromatic carbocycles. The van der Waals surface area contributed by atoms with Gasteiger partial charge in [-0.3, -0.25) is 4.79 Å². The van der Waals surface area contributed by atoms with E-state index in [2.05, 4.69) is 16.0 Å². The highest BCUT2D eigenvalue weighted by Gasteiger charge is 2.03. The van der Waals surface area contributed by atoms with Crippen LogP contribution in [0.2, 0.25) is 0 Å². The summed E-state index contributed by atoms with van der Waals surface area (Å²) in [6.07, 6.45) is 3.31. The molecular formula is C14H15N3O. The quantitative estimate of drug-likeness (QED) is 0.890. The summed E-state index contributed by atoms with van der Waals surface area (Å²) in [5.74, 6) is 0.0594. The van der Waals surface area contributed by atoms with Crippen molar-refractivity contribution in [1.82, 2.24) is 9.88 Å². The van der Waals surface area contributed by atoms with Crippen LogP contribution in [0.15, 0.2) is 30.5 Å². The zero-order chi connectivity index (χ0) is 13.0. The summed E-state index contributed by atoms with van der Waals surface area (Å²) < 4.78 is 2.08. The van der Waals surface area contributed by atoms with E-state index in [0.717, 1.165) is 23.9 Å². The Morgan fingerprint density at radius 3 is 3.00 bits per heavy atom. The van der Waals surface area contributed by atoms with Crippen molar-refractivity contribution in [3.63, 3.8) is 0 Å². The summed E-state index contributed by atoms with van der Waals surface area (Å²) in [7, 11) is 1.65. The third-order valence-corrected chi connectivity index (χ3v) is 2.98. The van der Waals surface area contributed by atoms with Gasteiger partial charge >= 0.3 is 0 Å². The summed E-state index contributed by atoms with van der Waals surface area (Å²) in [6.45, 7) is 0.784. The van der Waals surface area contributed by atoms with E-state index in [0.29, 0.717) is 12.0 Å². The van der Waals surface area contributed by atoms with Gasteiger partial charge in [0.2, 0.25) is 5.91 Å². The zero-order valence-electron chi connectivity index (χ0n) is 10.3. The number of carbonyl (C=O) groups is 1. The van der Waals surface area contributed by atoms with Crippen LogP contribution in [0.25, 0.3) is 10.9 Å². The van der Waals surface area contributed by atoms with Crippen LogP contribution in [0.3, 0.4) is 0 Å². The molecule has 1 heterocycles. The van der Waals surface area contributed by atoms with Crippen molar-refractivity contribution in [3.8, 4) is 6.07 Å². The van der Waals surface area contributed by atoms with Crippen LogP contribution in [0, 0.1) is 11.3 Å². The van der Waals surface area contributed by atoms with Crippen molar-refractivity contribution >= 4 is 16.8 Å². The maximum atomic E-state index is 11.1. The van der Waals surface area contributed by atoms with E-state index >= 15 is 0 Å². The van der Waals surface area contributed by atoms with Gasteiger partial charge in [0.1, 0.15) is 0 Å². The first kappa shape index (κ1) is 12.2. The average molecular weight is 241 g/mol. The van der Waals surface area contributed by atoms with Crippen LogP contribution >= 0.6 is 0 Å². The summed E-state index contributed by atoms with van der Waals surface area (Å²) in [6, 6.07) is 9.81. The summed E-state index contributed by atoms with van der Waals surface area (Å²) in [4.78, 5) is 11.1. The van der Waals surface area contributed by atoms with Crippen molar-refractivity contribution < 1.29 is 4.79 Å². The van der Waals surface area contributed by atoms with Crippen LogP contribution in [0.5, 0.6) is 0 Å². The van der Waals surface area contributed by atoms with Gasteiger partial charge in [-0.05, 0) is 30.0 Å². The van der Waals surface area contributed by atoms with Crippen LogP contribution in [0.1, 0.15) is 18.4 Å². The number of hydrogen-bond acceptors (Lipinski definition) is 2. The second kappa shape index (κ2) is 5.37. The number of aromatic nitrogens is 1. The van der Waals surface area contributed by atoms with Gasteiger partial charge in [0.05, 0.1) is 11.6 Å². The molecular weight excluding hydrogens is 226 g/mol. The van der Waals surface area contributed by atoms with Crippen molar-refractivity contribution in [3.05, 3.63) is 36.0 Å². The second-order valence-corrected chi connectivity index (χ2v) is 4.17. The number of hydrogen-bond donors (Lipinski definition) is 1. The standard InChI is InChI=1S/C14H15N3O/c1-16-14(18)3-2-7-17-8-6-12-5-4-11(10-15)9-13(12)17/h4-6,8-9H,2-3,7H2,1H3,(H,16,18). The molecule has 4 heteroatoms. The molecule has 2 rings (SSSR count). The predicted molar refractivity (Wildman–Crippen MR) is 70.0 cm³/mol. The predicted octanol–water partition coefficient (Wildman–Crippen LogP) is 2.04. The number of rotatable bonds is 4. The van der Waals surface area contributed by atoms with Crippen molar-refractivity contribution in [2.75, 3.05) is 7.05 Å². The molecule has 0 aliphatic heterocycles. The van der Waals surface area contributed by atoms with Gasteiger partial charge in [-0.2, -0.15) is 5.26 Å². The fourth-order valence-corrected chi connectivity index (χ4v) is 1.98. The number of amides is 1. The highest BCUT2D eigenvalue weighted by atomic mass is 16.1. The molecule has 0 radical (unpaired) electrons. The van der Waals surface area contributed by atoms with Gasteiger partial charge in [0.15, 0.2) is 0 Å². The number of fused-ring (bicyclic) bond motifs is 1. The molecule has 0 saturated heterocycles. The maximum absolute atomic E-state index is 11.1. The lowest BCUT2D eigenvalue weighted by Gasteiger charge is -2.05. The van der Waals surface area contributed by atoms with Crippen LogP contribution < -0.4 is 5.32 Å². The minimum atomic E-state index is 0.0594. The summed E-state index contributed by atoms with van der Waals surface area (Å²) >= 11 is 0. The summed E-state index contributed by atoms with van der Waals surface area (Å²) in [5.41, 5.74) is 1.71. The molecule has 0 atom stereocenters. The first-order valence-corrected chi connectivity index (χ1v) is 5.94. The SMILES string of the molecule is CNC(=O)CCCn1ccc2ccc(C#N)cc21. The molecule has 0 spiro atoms. The molecule has 92 valence electrons. The lowest BCUT2D eigenvalue weighted by Crippen LogP contribution is -2.17. The number of benzene rings is 1. The molecule has 1 N–H and O–H groups in total. The Morgan fingerprint density at radius 1 is 1.44 bits per heavy atom. The van der Waals surface area contributed by atoms with E-state index in [4.69, 9.17) is 5.26 Å². The van der Waals surface area contributed by atoms with Gasteiger partial charge in [0.25, 0.3) is 0 Å². The number of nitriles is 1. The first-order valence-electron chi connectivity index (χ1n) is 5.94. The molecule has 0 saturated carbocycles. The van der Waals surface area contributed by atoms with E-state index in [1.165, 1.54) is 0 Å². The van der Waals surface area contributed by atoms with Crippen LogP contribution in [0.4, 0.5) is 0 Å². The van der Waals surface area contributed by atoms with Gasteiger partial charge in [-0.1, -0.05) is 6.07 Å². The Balaban J connectivity index is 2.13. The van der Waals surface area contributed by atoms with Crippen molar-refractivity contribution in [2.24, 2.45) is 0 Å². The first-order chi connectivity index (χ1) is 8.74. The highest BCUT2D eigenvalue weighted by molar-refractivity contribution is 5.81. The Bertz CT molecular complexity index is 607. The topological polar surface area (TPSA) is 57.8 Å². The highest BCUT2D eigenvalue weighted by Crippen LogP contribution is 2.18. The third kappa shape index (κ3) is 2.51. The molecule has 1 aromatic heterocycles. The van der Waals surface area contributed by atoms with E-state index in [1.807, 2.05) is 30.5 Å². The van der Waals surface area contributed by atoms with E-state index in [-0.39, 0.29) is 5.91 Å². The molecule has 2 aromatic rings. The average Bonchev–Trinajstić information content (AvgIpc) is 2.81. The molecule has 0 aliphatic carbocycles. The maximum Gasteiger partial charge on any atom is 0.219 e. The Kier molecular flexibility index (Phi) is 3.63. The number of aryl methyl sites for hydroxylation is 1. The van der Waals surface area contributed by atoms with E-state index < -0.39 is 0 Å². The van der Waals surface area contributed by atoms with Crippen LogP contribution in [-0.2, 0) is 11.3 Å². The smallest absolute Gasteiger partial charge is 0.219 e. The van der Waals surface area contributed by atoms with Crippen LogP contribution in [-0.4, -0.2) is 17.5 Å². The minimum absolute atomic E-state index is 0.0594. The van der Waals surface area contributed by atoms with Crippen molar-refractivity contribution in [1.29, 1.82) is 5.26 Å². The molecule has 0 unspecified atom stereocenters. The molecule has 0 fully saturated rings. The number of carbonyl (C=O) groups excluding carboxylic acids is 1. The second-order valence-electron chi connectivity index (χ2n) is 4.17. The molecule has 0 bridgehead atoms.